The molecule has 8 nitrogen and oxygen atoms in total. The molecule has 10 heteroatoms. The van der Waals surface area contributed by atoms with E-state index in [4.69, 9.17) is 9.84 Å². The first-order valence-electron chi connectivity index (χ1n) is 7.72. The van der Waals surface area contributed by atoms with E-state index in [9.17, 15) is 18.0 Å². The van der Waals surface area contributed by atoms with E-state index in [0.717, 1.165) is 21.0 Å². The predicted octanol–water partition coefficient (Wildman–Crippen LogP) is 0.552. The number of amides is 1. The Morgan fingerprint density at radius 2 is 2.12 bits per heavy atom. The zero-order chi connectivity index (χ0) is 18.8. The van der Waals surface area contributed by atoms with Crippen LogP contribution in [-0.4, -0.2) is 79.8 Å². The van der Waals surface area contributed by atoms with E-state index in [1.54, 1.807) is 4.90 Å². The van der Waals surface area contributed by atoms with Crippen LogP contribution in [-0.2, 0) is 19.6 Å². The largest absolute Gasteiger partial charge is 0.480 e. The van der Waals surface area contributed by atoms with Gasteiger partial charge >= 0.3 is 5.97 Å². The summed E-state index contributed by atoms with van der Waals surface area (Å²) in [5.41, 5.74) is 1.59. The lowest BCUT2D eigenvalue weighted by molar-refractivity contribution is -0.137. The van der Waals surface area contributed by atoms with Gasteiger partial charge in [0, 0.05) is 29.9 Å². The Labute approximate surface area is 151 Å². The molecule has 1 saturated heterocycles. The van der Waals surface area contributed by atoms with Crippen LogP contribution in [0.4, 0.5) is 0 Å². The molecular weight excluding hydrogens is 368 g/mol. The van der Waals surface area contributed by atoms with Crippen LogP contribution in [0.1, 0.15) is 20.8 Å². The van der Waals surface area contributed by atoms with E-state index < -0.39 is 28.6 Å². The lowest BCUT2D eigenvalue weighted by Crippen LogP contribution is -2.51. The van der Waals surface area contributed by atoms with Crippen molar-refractivity contribution in [3.63, 3.8) is 0 Å². The molecule has 1 amide bonds. The minimum atomic E-state index is -3.68. The van der Waals surface area contributed by atoms with Crippen molar-refractivity contribution in [2.24, 2.45) is 0 Å². The Hall–Kier alpha value is -1.49. The summed E-state index contributed by atoms with van der Waals surface area (Å²) in [5, 5.41) is 10.7. The van der Waals surface area contributed by atoms with Crippen LogP contribution >= 0.6 is 11.3 Å². The van der Waals surface area contributed by atoms with Crippen LogP contribution in [0.5, 0.6) is 0 Å². The molecule has 1 aromatic rings. The summed E-state index contributed by atoms with van der Waals surface area (Å²) >= 11 is 1.51. The maximum atomic E-state index is 12.7. The molecule has 140 valence electrons. The van der Waals surface area contributed by atoms with Crippen LogP contribution in [0.15, 0.2) is 5.38 Å². The van der Waals surface area contributed by atoms with Crippen LogP contribution < -0.4 is 0 Å². The van der Waals surface area contributed by atoms with Crippen molar-refractivity contribution in [2.75, 3.05) is 39.0 Å². The van der Waals surface area contributed by atoms with Gasteiger partial charge in [0.05, 0.1) is 24.5 Å². The smallest absolute Gasteiger partial charge is 0.318 e. The van der Waals surface area contributed by atoms with E-state index >= 15 is 0 Å². The van der Waals surface area contributed by atoms with Gasteiger partial charge in [-0.15, -0.1) is 11.3 Å². The molecule has 0 bridgehead atoms. The van der Waals surface area contributed by atoms with Crippen molar-refractivity contribution in [1.29, 1.82) is 0 Å². The predicted molar refractivity (Wildman–Crippen MR) is 93.5 cm³/mol. The number of carboxylic acid groups (broad SMARTS) is 1. The Bertz CT molecular complexity index is 758. The topological polar surface area (TPSA) is 104 Å². The van der Waals surface area contributed by atoms with Gasteiger partial charge < -0.3 is 14.7 Å². The third kappa shape index (κ3) is 5.00. The van der Waals surface area contributed by atoms with E-state index in [-0.39, 0.29) is 25.6 Å². The first kappa shape index (κ1) is 19.8. The van der Waals surface area contributed by atoms with Gasteiger partial charge in [0.25, 0.3) is 5.91 Å². The molecule has 25 heavy (non-hydrogen) atoms. The van der Waals surface area contributed by atoms with Gasteiger partial charge in [0.1, 0.15) is 6.54 Å². The minimum Gasteiger partial charge on any atom is -0.480 e. The number of morpholine rings is 1. The van der Waals surface area contributed by atoms with Crippen molar-refractivity contribution >= 4 is 33.2 Å². The van der Waals surface area contributed by atoms with Gasteiger partial charge in [-0.25, -0.2) is 8.42 Å². The fourth-order valence-electron chi connectivity index (χ4n) is 2.60. The van der Waals surface area contributed by atoms with Crippen molar-refractivity contribution in [1.82, 2.24) is 9.21 Å². The molecule has 0 spiro atoms. The Morgan fingerprint density at radius 3 is 2.64 bits per heavy atom. The zero-order valence-corrected chi connectivity index (χ0v) is 16.0. The molecular formula is C15H22N2O6S2. The number of nitrogens with zero attached hydrogens (tertiary/aromatic N) is 2. The number of ether oxygens (including phenoxy) is 1. The van der Waals surface area contributed by atoms with Crippen LogP contribution in [0.25, 0.3) is 0 Å². The monoisotopic (exact) mass is 390 g/mol. The Kier molecular flexibility index (Phi) is 6.20. The molecule has 1 unspecified atom stereocenters. The maximum Gasteiger partial charge on any atom is 0.318 e. The summed E-state index contributed by atoms with van der Waals surface area (Å²) in [4.78, 5) is 26.3. The molecule has 1 atom stereocenters. The number of aryl methyl sites for hydroxylation is 1. The third-order valence-electron chi connectivity index (χ3n) is 4.13. The molecule has 0 aliphatic carbocycles. The number of hydrogen-bond donors (Lipinski definition) is 1. The first-order valence-corrected chi connectivity index (χ1v) is 10.4. The molecule has 1 aliphatic heterocycles. The fourth-order valence-corrected chi connectivity index (χ4v) is 4.25. The van der Waals surface area contributed by atoms with Gasteiger partial charge in [0.15, 0.2) is 0 Å². The number of carbonyl (C=O) groups excluding carboxylic acids is 1. The summed E-state index contributed by atoms with van der Waals surface area (Å²) in [5.74, 6) is -1.35. The zero-order valence-electron chi connectivity index (χ0n) is 14.4. The highest BCUT2D eigenvalue weighted by atomic mass is 32.2. The second kappa shape index (κ2) is 7.81. The molecule has 0 radical (unpaired) electrons. The number of sulfonamides is 1. The summed E-state index contributed by atoms with van der Waals surface area (Å²) in [6.45, 7) is 4.04. The van der Waals surface area contributed by atoms with Crippen LogP contribution in [0.3, 0.4) is 0 Å². The van der Waals surface area contributed by atoms with Gasteiger partial charge in [0.2, 0.25) is 10.0 Å². The number of carbonyl (C=O) groups is 2. The lowest BCUT2D eigenvalue weighted by Gasteiger charge is -2.34. The molecule has 2 heterocycles. The number of aliphatic carboxylic acids is 1. The van der Waals surface area contributed by atoms with Gasteiger partial charge in [-0.2, -0.15) is 4.31 Å². The van der Waals surface area contributed by atoms with Gasteiger partial charge in [-0.3, -0.25) is 9.59 Å². The van der Waals surface area contributed by atoms with E-state index in [1.165, 1.54) is 11.3 Å². The SMILES string of the molecule is Cc1scc(C(=O)N2CCOC(CN(CC(=O)O)S(C)(=O)=O)C2)c1C. The molecule has 1 fully saturated rings. The first-order chi connectivity index (χ1) is 11.6. The van der Waals surface area contributed by atoms with Crippen molar-refractivity contribution in [2.45, 2.75) is 20.0 Å². The summed E-state index contributed by atoms with van der Waals surface area (Å²) in [6, 6.07) is 0. The number of thiophene rings is 1. The van der Waals surface area contributed by atoms with Crippen molar-refractivity contribution in [3.8, 4) is 0 Å². The molecule has 1 N–H and O–H groups in total. The molecule has 2 rings (SSSR count). The fraction of sp³-hybridized carbons (Fsp3) is 0.600. The third-order valence-corrected chi connectivity index (χ3v) is 6.36. The van der Waals surface area contributed by atoms with E-state index in [0.29, 0.717) is 12.1 Å². The molecule has 1 aromatic heterocycles. The highest BCUT2D eigenvalue weighted by molar-refractivity contribution is 7.88. The van der Waals surface area contributed by atoms with Gasteiger partial charge in [-0.1, -0.05) is 0 Å². The van der Waals surface area contributed by atoms with E-state index in [2.05, 4.69) is 0 Å². The Balaban J connectivity index is 2.08. The number of carboxylic acids is 1. The highest BCUT2D eigenvalue weighted by Gasteiger charge is 2.30. The van der Waals surface area contributed by atoms with Gasteiger partial charge in [-0.05, 0) is 19.4 Å². The summed E-state index contributed by atoms with van der Waals surface area (Å²) in [6.07, 6.45) is 0.394. The maximum absolute atomic E-state index is 12.7. The average Bonchev–Trinajstić information content (AvgIpc) is 2.84. The van der Waals surface area contributed by atoms with Crippen LogP contribution in [0.2, 0.25) is 0 Å². The quantitative estimate of drug-likeness (QED) is 0.761. The summed E-state index contributed by atoms with van der Waals surface area (Å²) < 4.78 is 29.9. The van der Waals surface area contributed by atoms with E-state index in [1.807, 2.05) is 19.2 Å². The number of rotatable bonds is 6. The minimum absolute atomic E-state index is 0.101. The normalized spacial score (nSPS) is 18.6. The molecule has 0 aromatic carbocycles. The van der Waals surface area contributed by atoms with Crippen LogP contribution in [0, 0.1) is 13.8 Å². The Morgan fingerprint density at radius 1 is 1.44 bits per heavy atom. The summed E-state index contributed by atoms with van der Waals surface area (Å²) in [7, 11) is -3.68. The lowest BCUT2D eigenvalue weighted by atomic mass is 10.1. The second-order valence-corrected chi connectivity index (χ2v) is 9.09. The van der Waals surface area contributed by atoms with Crippen molar-refractivity contribution < 1.29 is 27.9 Å². The average molecular weight is 390 g/mol. The second-order valence-electron chi connectivity index (χ2n) is 6.02. The van der Waals surface area contributed by atoms with Crippen molar-refractivity contribution in [3.05, 3.63) is 21.4 Å². The standard InChI is InChI=1S/C15H22N2O6S2/c1-10-11(2)24-9-13(10)15(20)16-4-5-23-12(6-16)7-17(8-14(18)19)25(3,21)22/h9,12H,4-8H2,1-3H3,(H,18,19). The number of hydrogen-bond acceptors (Lipinski definition) is 6. The molecule has 0 saturated carbocycles. The molecule has 1 aliphatic rings. The highest BCUT2D eigenvalue weighted by Crippen LogP contribution is 2.23.